The Labute approximate surface area is 105 Å². The largest absolute Gasteiger partial charge is 0.292 e. The Balaban J connectivity index is 2.20. The molecule has 3 heteroatoms. The van der Waals surface area contributed by atoms with Crippen LogP contribution in [0, 0.1) is 6.92 Å². The van der Waals surface area contributed by atoms with E-state index in [-0.39, 0.29) is 12.2 Å². The van der Waals surface area contributed by atoms with E-state index in [9.17, 15) is 4.79 Å². The summed E-state index contributed by atoms with van der Waals surface area (Å²) in [6.45, 7) is 1.94. The van der Waals surface area contributed by atoms with E-state index in [0.29, 0.717) is 10.7 Å². The molecular weight excluding hydrogens is 234 g/mol. The highest BCUT2D eigenvalue weighted by atomic mass is 35.5. The van der Waals surface area contributed by atoms with Gasteiger partial charge in [-0.1, -0.05) is 29.8 Å². The van der Waals surface area contributed by atoms with Crippen LogP contribution in [0.3, 0.4) is 0 Å². The summed E-state index contributed by atoms with van der Waals surface area (Å²) in [4.78, 5) is 16.1. The van der Waals surface area contributed by atoms with Crippen LogP contribution < -0.4 is 0 Å². The van der Waals surface area contributed by atoms with Crippen molar-refractivity contribution >= 4 is 17.4 Å². The van der Waals surface area contributed by atoms with E-state index < -0.39 is 0 Å². The first-order chi connectivity index (χ1) is 8.16. The van der Waals surface area contributed by atoms with Gasteiger partial charge < -0.3 is 0 Å². The van der Waals surface area contributed by atoms with Crippen molar-refractivity contribution in [1.29, 1.82) is 0 Å². The summed E-state index contributed by atoms with van der Waals surface area (Å²) < 4.78 is 0. The van der Waals surface area contributed by atoms with E-state index in [2.05, 4.69) is 4.98 Å². The number of hydrogen-bond acceptors (Lipinski definition) is 2. The molecule has 0 aliphatic rings. The number of carbonyl (C=O) groups excluding carboxylic acids is 1. The summed E-state index contributed by atoms with van der Waals surface area (Å²) in [7, 11) is 0. The number of aryl methyl sites for hydroxylation is 1. The third-order valence-corrected chi connectivity index (χ3v) is 2.88. The van der Waals surface area contributed by atoms with Gasteiger partial charge in [-0.25, -0.2) is 0 Å². The predicted octanol–water partition coefficient (Wildman–Crippen LogP) is 3.47. The molecule has 0 atom stereocenters. The number of carbonyl (C=O) groups is 1. The molecule has 0 amide bonds. The number of rotatable bonds is 3. The third kappa shape index (κ3) is 2.92. The molecule has 17 heavy (non-hydrogen) atoms. The minimum Gasteiger partial charge on any atom is -0.292 e. The minimum absolute atomic E-state index is 0.0122. The van der Waals surface area contributed by atoms with Gasteiger partial charge in [-0.2, -0.15) is 0 Å². The quantitative estimate of drug-likeness (QED) is 0.775. The fourth-order valence-electron chi connectivity index (χ4n) is 1.59. The molecular formula is C14H12ClNO. The molecule has 0 unspecified atom stereocenters. The van der Waals surface area contributed by atoms with Gasteiger partial charge >= 0.3 is 0 Å². The van der Waals surface area contributed by atoms with Gasteiger partial charge in [-0.05, 0) is 36.2 Å². The summed E-state index contributed by atoms with van der Waals surface area (Å²) in [5, 5.41) is 0.619. The highest BCUT2D eigenvalue weighted by Crippen LogP contribution is 2.17. The van der Waals surface area contributed by atoms with Crippen LogP contribution in [0.4, 0.5) is 0 Å². The Morgan fingerprint density at radius 3 is 2.76 bits per heavy atom. The van der Waals surface area contributed by atoms with Gasteiger partial charge in [0.25, 0.3) is 0 Å². The van der Waals surface area contributed by atoms with Gasteiger partial charge in [-0.3, -0.25) is 9.78 Å². The Bertz CT molecular complexity index is 551. The Hall–Kier alpha value is -1.67. The molecule has 0 N–H and O–H groups in total. The standard InChI is InChI=1S/C14H12ClNO/c1-10-6-7-16-13(8-10)14(17)9-11-4-2-3-5-12(11)15/h2-8H,9H2,1H3. The molecule has 0 fully saturated rings. The van der Waals surface area contributed by atoms with Crippen molar-refractivity contribution < 1.29 is 4.79 Å². The van der Waals surface area contributed by atoms with Crippen LogP contribution in [0.5, 0.6) is 0 Å². The summed E-state index contributed by atoms with van der Waals surface area (Å²) in [5.74, 6) is -0.0122. The van der Waals surface area contributed by atoms with Crippen LogP contribution in [0.25, 0.3) is 0 Å². The first-order valence-electron chi connectivity index (χ1n) is 5.36. The number of aromatic nitrogens is 1. The van der Waals surface area contributed by atoms with Gasteiger partial charge in [0.2, 0.25) is 0 Å². The second kappa shape index (κ2) is 5.11. The lowest BCUT2D eigenvalue weighted by Crippen LogP contribution is -2.06. The van der Waals surface area contributed by atoms with Gasteiger partial charge in [0.15, 0.2) is 5.78 Å². The minimum atomic E-state index is -0.0122. The van der Waals surface area contributed by atoms with Crippen LogP contribution in [-0.2, 0) is 6.42 Å². The molecule has 0 spiro atoms. The molecule has 0 radical (unpaired) electrons. The zero-order chi connectivity index (χ0) is 12.3. The topological polar surface area (TPSA) is 30.0 Å². The monoisotopic (exact) mass is 245 g/mol. The van der Waals surface area contributed by atoms with E-state index in [4.69, 9.17) is 11.6 Å². The Morgan fingerprint density at radius 1 is 1.29 bits per heavy atom. The zero-order valence-electron chi connectivity index (χ0n) is 9.48. The maximum atomic E-state index is 12.0. The lowest BCUT2D eigenvalue weighted by atomic mass is 10.1. The SMILES string of the molecule is Cc1ccnc(C(=O)Cc2ccccc2Cl)c1. The number of ketones is 1. The molecule has 0 saturated heterocycles. The molecule has 1 heterocycles. The second-order valence-corrected chi connectivity index (χ2v) is 4.32. The van der Waals surface area contributed by atoms with Crippen molar-refractivity contribution in [3.8, 4) is 0 Å². The third-order valence-electron chi connectivity index (χ3n) is 2.51. The van der Waals surface area contributed by atoms with Crippen LogP contribution in [0.15, 0.2) is 42.6 Å². The maximum absolute atomic E-state index is 12.0. The molecule has 0 saturated carbocycles. The van der Waals surface area contributed by atoms with E-state index in [1.54, 1.807) is 18.3 Å². The molecule has 86 valence electrons. The molecule has 0 aliphatic heterocycles. The van der Waals surface area contributed by atoms with Crippen molar-refractivity contribution in [3.05, 3.63) is 64.4 Å². The fourth-order valence-corrected chi connectivity index (χ4v) is 1.80. The highest BCUT2D eigenvalue weighted by molar-refractivity contribution is 6.31. The smallest absolute Gasteiger partial charge is 0.185 e. The molecule has 0 bridgehead atoms. The van der Waals surface area contributed by atoms with Crippen LogP contribution >= 0.6 is 11.6 Å². The molecule has 1 aromatic heterocycles. The maximum Gasteiger partial charge on any atom is 0.185 e. The Morgan fingerprint density at radius 2 is 2.06 bits per heavy atom. The van der Waals surface area contributed by atoms with Crippen LogP contribution in [0.1, 0.15) is 21.6 Å². The average Bonchev–Trinajstić information content (AvgIpc) is 2.32. The van der Waals surface area contributed by atoms with Crippen molar-refractivity contribution in [2.24, 2.45) is 0 Å². The van der Waals surface area contributed by atoms with Gasteiger partial charge in [-0.15, -0.1) is 0 Å². The Kier molecular flexibility index (Phi) is 3.55. The van der Waals surface area contributed by atoms with E-state index in [0.717, 1.165) is 11.1 Å². The summed E-state index contributed by atoms with van der Waals surface area (Å²) in [6, 6.07) is 11.0. The lowest BCUT2D eigenvalue weighted by molar-refractivity contribution is 0.0988. The normalized spacial score (nSPS) is 10.2. The summed E-state index contributed by atoms with van der Waals surface area (Å²) in [6.07, 6.45) is 1.94. The van der Waals surface area contributed by atoms with E-state index in [1.165, 1.54) is 0 Å². The van der Waals surface area contributed by atoms with Gasteiger partial charge in [0, 0.05) is 17.6 Å². The number of nitrogens with zero attached hydrogens (tertiary/aromatic N) is 1. The first kappa shape index (κ1) is 11.8. The zero-order valence-corrected chi connectivity index (χ0v) is 10.2. The van der Waals surface area contributed by atoms with Crippen LogP contribution in [0.2, 0.25) is 5.02 Å². The van der Waals surface area contributed by atoms with Gasteiger partial charge in [0.1, 0.15) is 5.69 Å². The van der Waals surface area contributed by atoms with Crippen molar-refractivity contribution in [1.82, 2.24) is 4.98 Å². The van der Waals surface area contributed by atoms with E-state index >= 15 is 0 Å². The fraction of sp³-hybridized carbons (Fsp3) is 0.143. The second-order valence-electron chi connectivity index (χ2n) is 3.91. The van der Waals surface area contributed by atoms with Crippen LogP contribution in [-0.4, -0.2) is 10.8 Å². The number of benzene rings is 1. The molecule has 1 aromatic carbocycles. The van der Waals surface area contributed by atoms with Gasteiger partial charge in [0.05, 0.1) is 0 Å². The van der Waals surface area contributed by atoms with Crippen molar-refractivity contribution in [3.63, 3.8) is 0 Å². The first-order valence-corrected chi connectivity index (χ1v) is 5.74. The number of Topliss-reactive ketones (excluding diaryl/α,β-unsaturated/α-hetero) is 1. The lowest BCUT2D eigenvalue weighted by Gasteiger charge is -2.03. The molecule has 0 aliphatic carbocycles. The molecule has 2 rings (SSSR count). The van der Waals surface area contributed by atoms with Crippen molar-refractivity contribution in [2.45, 2.75) is 13.3 Å². The summed E-state index contributed by atoms with van der Waals surface area (Å²) in [5.41, 5.74) is 2.36. The molecule has 2 nitrogen and oxygen atoms in total. The van der Waals surface area contributed by atoms with E-state index in [1.807, 2.05) is 31.2 Å². The molecule has 2 aromatic rings. The number of pyridine rings is 1. The number of halogens is 1. The number of hydrogen-bond donors (Lipinski definition) is 0. The average molecular weight is 246 g/mol. The predicted molar refractivity (Wildman–Crippen MR) is 68.5 cm³/mol. The highest BCUT2D eigenvalue weighted by Gasteiger charge is 2.10. The van der Waals surface area contributed by atoms with Crippen molar-refractivity contribution in [2.75, 3.05) is 0 Å². The summed E-state index contributed by atoms with van der Waals surface area (Å²) >= 11 is 6.01.